The van der Waals surface area contributed by atoms with Crippen molar-refractivity contribution in [3.8, 4) is 0 Å². The fourth-order valence-electron chi connectivity index (χ4n) is 6.14. The maximum atomic E-state index is 13.8. The second kappa shape index (κ2) is 8.69. The quantitative estimate of drug-likeness (QED) is 0.396. The Morgan fingerprint density at radius 2 is 1.82 bits per heavy atom. The summed E-state index contributed by atoms with van der Waals surface area (Å²) in [4.78, 5) is 20.9. The van der Waals surface area contributed by atoms with E-state index in [0.29, 0.717) is 11.8 Å². The molecule has 0 radical (unpaired) electrons. The number of piperidine rings is 3. The summed E-state index contributed by atoms with van der Waals surface area (Å²) in [5.41, 5.74) is 2.83. The summed E-state index contributed by atoms with van der Waals surface area (Å²) in [5.74, 6) is 1.14. The van der Waals surface area contributed by atoms with Crippen LogP contribution in [0, 0.1) is 11.8 Å². The van der Waals surface area contributed by atoms with Crippen LogP contribution >= 0.6 is 0 Å². The Balaban J connectivity index is 1.42. The lowest BCUT2D eigenvalue weighted by atomic mass is 9.73. The summed E-state index contributed by atoms with van der Waals surface area (Å²) in [5, 5.41) is 6.66. The van der Waals surface area contributed by atoms with Gasteiger partial charge in [0.1, 0.15) is 0 Å². The van der Waals surface area contributed by atoms with E-state index in [9.17, 15) is 4.79 Å². The number of hydrogen-bond acceptors (Lipinski definition) is 3. The van der Waals surface area contributed by atoms with Crippen molar-refractivity contribution in [1.82, 2.24) is 15.2 Å². The molecular weight excluding hydrogens is 418 g/mol. The van der Waals surface area contributed by atoms with E-state index >= 15 is 0 Å². The second-order valence-corrected chi connectivity index (χ2v) is 9.64. The number of hydrogen-bond donors (Lipinski definition) is 1. The highest BCUT2D eigenvalue weighted by Gasteiger charge is 2.43. The van der Waals surface area contributed by atoms with E-state index in [1.165, 1.54) is 6.42 Å². The lowest BCUT2D eigenvalue weighted by molar-refractivity contribution is 0.00172. The molecule has 0 saturated carbocycles. The van der Waals surface area contributed by atoms with Crippen molar-refractivity contribution < 1.29 is 4.79 Å². The van der Waals surface area contributed by atoms with E-state index in [0.717, 1.165) is 52.3 Å². The Kier molecular flexibility index (Phi) is 5.39. The Hall–Kier alpha value is -3.50. The summed E-state index contributed by atoms with van der Waals surface area (Å²) in [6.07, 6.45) is 6.26. The van der Waals surface area contributed by atoms with Gasteiger partial charge in [0.2, 0.25) is 0 Å². The Morgan fingerprint density at radius 1 is 1.03 bits per heavy atom. The zero-order chi connectivity index (χ0) is 23.1. The summed E-state index contributed by atoms with van der Waals surface area (Å²) >= 11 is 0. The van der Waals surface area contributed by atoms with Crippen LogP contribution in [0.15, 0.2) is 91.6 Å². The largest absolute Gasteiger partial charge is 0.344 e. The lowest BCUT2D eigenvalue weighted by Crippen LogP contribution is -2.57. The van der Waals surface area contributed by atoms with Crippen molar-refractivity contribution in [2.24, 2.45) is 11.8 Å². The van der Waals surface area contributed by atoms with E-state index in [2.05, 4.69) is 58.2 Å². The minimum Gasteiger partial charge on any atom is -0.344 e. The maximum absolute atomic E-state index is 13.8. The first-order valence-corrected chi connectivity index (χ1v) is 12.2. The summed E-state index contributed by atoms with van der Waals surface area (Å²) in [7, 11) is 0. The zero-order valence-electron chi connectivity index (χ0n) is 19.2. The fraction of sp³-hybridized carbons (Fsp3) is 0.267. The van der Waals surface area contributed by atoms with Gasteiger partial charge in [-0.3, -0.25) is 14.7 Å². The highest BCUT2D eigenvalue weighted by molar-refractivity contribution is 6.07. The molecule has 1 unspecified atom stereocenters. The Labute approximate surface area is 200 Å². The van der Waals surface area contributed by atoms with Crippen LogP contribution in [0.3, 0.4) is 0 Å². The predicted octanol–water partition coefficient (Wildman–Crippen LogP) is 5.76. The number of carbonyl (C=O) groups is 1. The molecule has 3 aliphatic rings. The van der Waals surface area contributed by atoms with Crippen molar-refractivity contribution in [2.75, 3.05) is 13.1 Å². The number of amides is 1. The van der Waals surface area contributed by atoms with Crippen molar-refractivity contribution >= 4 is 27.6 Å². The molecule has 34 heavy (non-hydrogen) atoms. The van der Waals surface area contributed by atoms with Gasteiger partial charge in [0.25, 0.3) is 5.91 Å². The van der Waals surface area contributed by atoms with E-state index in [-0.39, 0.29) is 18.0 Å². The number of nitrogens with zero attached hydrogens (tertiary/aromatic N) is 2. The van der Waals surface area contributed by atoms with E-state index in [4.69, 9.17) is 0 Å². The van der Waals surface area contributed by atoms with Gasteiger partial charge >= 0.3 is 0 Å². The van der Waals surface area contributed by atoms with Crippen molar-refractivity contribution in [3.63, 3.8) is 0 Å². The average molecular weight is 448 g/mol. The molecular formula is C30H29N3O. The van der Waals surface area contributed by atoms with Gasteiger partial charge in [0.05, 0.1) is 11.6 Å². The van der Waals surface area contributed by atoms with Crippen LogP contribution in [0.1, 0.15) is 34.8 Å². The summed E-state index contributed by atoms with van der Waals surface area (Å²) in [6, 6.07) is 24.5. The Bertz CT molecular complexity index is 1370. The first-order chi connectivity index (χ1) is 16.7. The Morgan fingerprint density at radius 3 is 2.65 bits per heavy atom. The zero-order valence-corrected chi connectivity index (χ0v) is 19.2. The van der Waals surface area contributed by atoms with Crippen LogP contribution in [-0.2, 0) is 0 Å². The van der Waals surface area contributed by atoms with Crippen LogP contribution < -0.4 is 5.32 Å². The normalized spacial score (nSPS) is 24.7. The minimum atomic E-state index is -0.118. The summed E-state index contributed by atoms with van der Waals surface area (Å²) in [6.45, 7) is 6.17. The third kappa shape index (κ3) is 3.59. The van der Waals surface area contributed by atoms with Crippen molar-refractivity contribution in [3.05, 3.63) is 103 Å². The SMILES string of the molecule is C=C[C@H]1CN2CC[C@H]1C[C@@H]2[C@@H](NC(=O)c1cccc2ccccc12)c1ccnc2ccccc12. The third-order valence-corrected chi connectivity index (χ3v) is 7.88. The number of carbonyl (C=O) groups excluding carboxylic acids is 1. The van der Waals surface area contributed by atoms with Crippen LogP contribution in [0.5, 0.6) is 0 Å². The van der Waals surface area contributed by atoms with E-state index < -0.39 is 0 Å². The van der Waals surface area contributed by atoms with Crippen LogP contribution in [-0.4, -0.2) is 34.9 Å². The van der Waals surface area contributed by atoms with Gasteiger partial charge in [0.15, 0.2) is 0 Å². The predicted molar refractivity (Wildman–Crippen MR) is 138 cm³/mol. The standard InChI is InChI=1S/C30H29N3O/c1-2-20-19-33-17-15-22(20)18-28(33)29(25-14-16-31-27-13-6-5-11-24(25)27)32-30(34)26-12-7-9-21-8-3-4-10-23(21)26/h2-14,16,20,22,28-29H,1,15,17-19H2,(H,32,34)/t20-,22-,28+,29-/m0/s1. The molecule has 1 aromatic heterocycles. The van der Waals surface area contributed by atoms with Gasteiger partial charge < -0.3 is 5.32 Å². The number of benzene rings is 3. The van der Waals surface area contributed by atoms with Crippen molar-refractivity contribution in [1.29, 1.82) is 0 Å². The number of fused-ring (bicyclic) bond motifs is 5. The molecule has 5 atom stereocenters. The molecule has 4 nitrogen and oxygen atoms in total. The number of para-hydroxylation sites is 1. The highest BCUT2D eigenvalue weighted by Crippen LogP contribution is 2.42. The van der Waals surface area contributed by atoms with Crippen LogP contribution in [0.25, 0.3) is 21.7 Å². The molecule has 0 spiro atoms. The second-order valence-electron chi connectivity index (χ2n) is 9.64. The number of rotatable bonds is 5. The lowest BCUT2D eigenvalue weighted by Gasteiger charge is -2.51. The molecule has 4 heterocycles. The number of pyridine rings is 1. The van der Waals surface area contributed by atoms with Gasteiger partial charge in [-0.15, -0.1) is 6.58 Å². The monoisotopic (exact) mass is 447 g/mol. The first-order valence-electron chi connectivity index (χ1n) is 12.2. The topological polar surface area (TPSA) is 45.2 Å². The molecule has 0 aliphatic carbocycles. The molecule has 3 saturated heterocycles. The number of aromatic nitrogens is 1. The molecule has 7 rings (SSSR count). The van der Waals surface area contributed by atoms with Gasteiger partial charge in [-0.1, -0.05) is 60.7 Å². The van der Waals surface area contributed by atoms with Crippen molar-refractivity contribution in [2.45, 2.75) is 24.9 Å². The minimum absolute atomic E-state index is 0.0226. The smallest absolute Gasteiger partial charge is 0.252 e. The van der Waals surface area contributed by atoms with Crippen LogP contribution in [0.2, 0.25) is 0 Å². The third-order valence-electron chi connectivity index (χ3n) is 7.88. The molecule has 1 amide bonds. The van der Waals surface area contributed by atoms with Gasteiger partial charge in [0, 0.05) is 29.7 Å². The molecule has 3 fully saturated rings. The molecule has 3 aliphatic heterocycles. The number of nitrogens with one attached hydrogen (secondary N) is 1. The van der Waals surface area contributed by atoms with Gasteiger partial charge in [-0.2, -0.15) is 0 Å². The maximum Gasteiger partial charge on any atom is 0.252 e. The van der Waals surface area contributed by atoms with Gasteiger partial charge in [-0.25, -0.2) is 0 Å². The average Bonchev–Trinajstić information content (AvgIpc) is 2.91. The van der Waals surface area contributed by atoms with E-state index in [1.807, 2.05) is 48.7 Å². The molecule has 170 valence electrons. The summed E-state index contributed by atoms with van der Waals surface area (Å²) < 4.78 is 0. The first kappa shape index (κ1) is 21.1. The molecule has 3 aromatic carbocycles. The highest BCUT2D eigenvalue weighted by atomic mass is 16.1. The van der Waals surface area contributed by atoms with Crippen LogP contribution in [0.4, 0.5) is 0 Å². The molecule has 4 heteroatoms. The fourth-order valence-corrected chi connectivity index (χ4v) is 6.14. The van der Waals surface area contributed by atoms with E-state index in [1.54, 1.807) is 0 Å². The van der Waals surface area contributed by atoms with Gasteiger partial charge in [-0.05, 0) is 65.8 Å². The molecule has 1 N–H and O–H groups in total. The molecule has 4 aromatic rings. The molecule has 2 bridgehead atoms.